The van der Waals surface area contributed by atoms with Gasteiger partial charge < -0.3 is 10.2 Å². The molecule has 0 radical (unpaired) electrons. The van der Waals surface area contributed by atoms with Crippen LogP contribution in [0.1, 0.15) is 92.4 Å². The molecule has 4 aliphatic rings. The van der Waals surface area contributed by atoms with E-state index in [4.69, 9.17) is 11.6 Å². The molecule has 0 aromatic heterocycles. The van der Waals surface area contributed by atoms with Gasteiger partial charge in [-0.05, 0) is 123 Å². The lowest BCUT2D eigenvalue weighted by Gasteiger charge is -2.67. The van der Waals surface area contributed by atoms with E-state index in [-0.39, 0.29) is 46.4 Å². The van der Waals surface area contributed by atoms with Crippen LogP contribution >= 0.6 is 11.6 Å². The van der Waals surface area contributed by atoms with Gasteiger partial charge in [0.25, 0.3) is 0 Å². The number of hydrogen-bond donors (Lipinski definition) is 2. The number of halogens is 1. The molecule has 2 N–H and O–H groups in total. The average Bonchev–Trinajstić information content (AvgIpc) is 3.10. The van der Waals surface area contributed by atoms with Crippen LogP contribution in [0.25, 0.3) is 0 Å². The first-order valence-electron chi connectivity index (χ1n) is 13.4. The first-order chi connectivity index (χ1) is 15.8. The van der Waals surface area contributed by atoms with E-state index in [9.17, 15) is 24.6 Å². The summed E-state index contributed by atoms with van der Waals surface area (Å²) in [6, 6.07) is 0. The summed E-state index contributed by atoms with van der Waals surface area (Å²) in [5.74, 6) is 1.22. The Kier molecular flexibility index (Phi) is 6.92. The zero-order chi connectivity index (χ0) is 25.2. The maximum absolute atomic E-state index is 13.3. The Balaban J connectivity index is 1.71. The fourth-order valence-corrected chi connectivity index (χ4v) is 10.4. The summed E-state index contributed by atoms with van der Waals surface area (Å²) < 4.78 is 0. The number of aliphatic hydroxyl groups excluding tert-OH is 2. The lowest BCUT2D eigenvalue weighted by Crippen LogP contribution is -2.68. The molecule has 0 amide bonds. The second kappa shape index (κ2) is 8.95. The number of hydrogen-bond acceptors (Lipinski definition) is 5. The molecule has 0 saturated heterocycles. The summed E-state index contributed by atoms with van der Waals surface area (Å²) >= 11 is 5.64. The summed E-state index contributed by atoms with van der Waals surface area (Å²) in [5, 5.41) is 21.9. The van der Waals surface area contributed by atoms with E-state index in [0.29, 0.717) is 37.0 Å². The molecule has 0 aliphatic heterocycles. The van der Waals surface area contributed by atoms with Crippen molar-refractivity contribution >= 4 is 28.4 Å². The molecule has 4 aliphatic carbocycles. The quantitative estimate of drug-likeness (QED) is 0.403. The van der Waals surface area contributed by atoms with Crippen LogP contribution in [0.3, 0.4) is 0 Å². The molecule has 4 rings (SSSR count). The normalized spacial score (nSPS) is 46.1. The molecule has 10 atom stereocenters. The van der Waals surface area contributed by atoms with Crippen molar-refractivity contribution < 1.29 is 24.6 Å². The second-order valence-electron chi connectivity index (χ2n) is 12.8. The molecule has 4 saturated carbocycles. The van der Waals surface area contributed by atoms with Gasteiger partial charge in [0.15, 0.2) is 0 Å². The summed E-state index contributed by atoms with van der Waals surface area (Å²) in [5.41, 5.74) is -1.76. The third-order valence-corrected chi connectivity index (χ3v) is 11.9. The Morgan fingerprint density at radius 1 is 0.971 bits per heavy atom. The first-order valence-corrected chi connectivity index (χ1v) is 13.7. The van der Waals surface area contributed by atoms with Crippen LogP contribution in [-0.4, -0.2) is 39.2 Å². The Morgan fingerprint density at radius 3 is 2.21 bits per heavy atom. The highest BCUT2D eigenvalue weighted by molar-refractivity contribution is 6.63. The van der Waals surface area contributed by atoms with E-state index in [0.717, 1.165) is 32.1 Å². The van der Waals surface area contributed by atoms with E-state index >= 15 is 0 Å². The molecule has 192 valence electrons. The van der Waals surface area contributed by atoms with E-state index in [2.05, 4.69) is 20.8 Å². The van der Waals surface area contributed by atoms with Crippen molar-refractivity contribution in [1.29, 1.82) is 0 Å². The Labute approximate surface area is 209 Å². The molecule has 0 heterocycles. The fraction of sp³-hybridized carbons (Fsp3) is 0.893. The van der Waals surface area contributed by atoms with Gasteiger partial charge in [-0.1, -0.05) is 20.8 Å². The highest BCUT2D eigenvalue weighted by Gasteiger charge is 2.71. The maximum atomic E-state index is 13.3. The highest BCUT2D eigenvalue weighted by atomic mass is 35.5. The molecule has 0 bridgehead atoms. The minimum atomic E-state index is -1.24. The smallest absolute Gasteiger partial charge is 0.221 e. The minimum Gasteiger partial charge on any atom is -0.393 e. The molecule has 4 fully saturated rings. The van der Waals surface area contributed by atoms with Gasteiger partial charge in [-0.25, -0.2) is 0 Å². The Hall–Kier alpha value is -0.780. The van der Waals surface area contributed by atoms with Gasteiger partial charge in [-0.2, -0.15) is 0 Å². The molecule has 0 aromatic carbocycles. The maximum Gasteiger partial charge on any atom is 0.221 e. The minimum absolute atomic E-state index is 0.127. The predicted octanol–water partition coefficient (Wildman–Crippen LogP) is 4.93. The lowest BCUT2D eigenvalue weighted by atomic mass is 9.36. The number of carbonyl (C=O) groups excluding carboxylic acids is 3. The molecule has 6 heteroatoms. The van der Waals surface area contributed by atoms with Crippen LogP contribution in [0.5, 0.6) is 0 Å². The third-order valence-electron chi connectivity index (χ3n) is 11.7. The molecular formula is C28H43ClO5. The van der Waals surface area contributed by atoms with Gasteiger partial charge in [0, 0.05) is 6.42 Å². The number of aliphatic hydroxyl groups is 2. The number of Topliss-reactive ketones (excluding diaryl/α,β-unsaturated/α-hetero) is 2. The van der Waals surface area contributed by atoms with Crippen LogP contribution in [0, 0.1) is 51.8 Å². The third kappa shape index (κ3) is 3.58. The van der Waals surface area contributed by atoms with Gasteiger partial charge in [-0.15, -0.1) is 0 Å². The van der Waals surface area contributed by atoms with Gasteiger partial charge in [0.05, 0.1) is 17.6 Å². The number of fused-ring (bicyclic) bond motifs is 5. The topological polar surface area (TPSA) is 91.7 Å². The van der Waals surface area contributed by atoms with E-state index < -0.39 is 23.0 Å². The summed E-state index contributed by atoms with van der Waals surface area (Å²) in [4.78, 5) is 37.9. The van der Waals surface area contributed by atoms with Crippen LogP contribution in [0.4, 0.5) is 0 Å². The van der Waals surface area contributed by atoms with Gasteiger partial charge in [-0.3, -0.25) is 14.4 Å². The van der Waals surface area contributed by atoms with Crippen LogP contribution in [-0.2, 0) is 14.4 Å². The van der Waals surface area contributed by atoms with Crippen LogP contribution in [0.2, 0.25) is 0 Å². The van der Waals surface area contributed by atoms with Crippen molar-refractivity contribution in [3.63, 3.8) is 0 Å². The van der Waals surface area contributed by atoms with Crippen molar-refractivity contribution in [2.75, 3.05) is 0 Å². The second-order valence-corrected chi connectivity index (χ2v) is 13.2. The van der Waals surface area contributed by atoms with Crippen molar-refractivity contribution in [3.8, 4) is 0 Å². The fourth-order valence-electron chi connectivity index (χ4n) is 10.3. The average molecular weight is 495 g/mol. The standard InChI is InChI=1S/C28H43ClO5/c1-15(6-9-25(29)34)20-7-8-21-19-13-24(33)23-12-18(32)14-28(16(2)30,17(3)31)27(23,5)22(19)10-11-26(20,21)4/h15,18-24,32-33H,6-14H2,1-5H3/t15-,18+,19+,20-,21+,22+,23?,24+,26-,27-/m1/s1. The van der Waals surface area contributed by atoms with Gasteiger partial charge >= 0.3 is 0 Å². The van der Waals surface area contributed by atoms with E-state index in [1.807, 2.05) is 0 Å². The Morgan fingerprint density at radius 2 is 1.62 bits per heavy atom. The monoisotopic (exact) mass is 494 g/mol. The molecule has 0 spiro atoms. The molecular weight excluding hydrogens is 452 g/mol. The van der Waals surface area contributed by atoms with Crippen LogP contribution < -0.4 is 0 Å². The van der Waals surface area contributed by atoms with Crippen molar-refractivity contribution in [2.45, 2.75) is 105 Å². The molecule has 1 unspecified atom stereocenters. The number of carbonyl (C=O) groups is 3. The first kappa shape index (κ1) is 26.3. The van der Waals surface area contributed by atoms with Crippen molar-refractivity contribution in [2.24, 2.45) is 51.8 Å². The predicted molar refractivity (Wildman–Crippen MR) is 131 cm³/mol. The van der Waals surface area contributed by atoms with Gasteiger partial charge in [0.1, 0.15) is 11.6 Å². The van der Waals surface area contributed by atoms with Crippen molar-refractivity contribution in [1.82, 2.24) is 0 Å². The molecule has 5 nitrogen and oxygen atoms in total. The number of rotatable bonds is 6. The zero-order valence-electron chi connectivity index (χ0n) is 21.5. The zero-order valence-corrected chi connectivity index (χ0v) is 22.2. The van der Waals surface area contributed by atoms with Crippen molar-refractivity contribution in [3.05, 3.63) is 0 Å². The SMILES string of the molecule is CC(=O)C1(C(C)=O)C[C@@H](O)CC2[C@@H](O)C[C@H]3[C@@H]4CC[C@H]([C@H](C)CCC(=O)Cl)[C@@]4(C)CC[C@@H]3[C@]21C. The lowest BCUT2D eigenvalue weighted by molar-refractivity contribution is -0.223. The highest BCUT2D eigenvalue weighted by Crippen LogP contribution is 2.71. The van der Waals surface area contributed by atoms with Crippen LogP contribution in [0.15, 0.2) is 0 Å². The summed E-state index contributed by atoms with van der Waals surface area (Å²) in [7, 11) is 0. The summed E-state index contributed by atoms with van der Waals surface area (Å²) in [6.07, 6.45) is 5.35. The van der Waals surface area contributed by atoms with E-state index in [1.165, 1.54) is 13.8 Å². The molecule has 34 heavy (non-hydrogen) atoms. The van der Waals surface area contributed by atoms with E-state index in [1.54, 1.807) is 0 Å². The number of ketones is 2. The summed E-state index contributed by atoms with van der Waals surface area (Å²) in [6.45, 7) is 9.76. The molecule has 0 aromatic rings. The Bertz CT molecular complexity index is 842. The van der Waals surface area contributed by atoms with Gasteiger partial charge in [0.2, 0.25) is 5.24 Å². The largest absolute Gasteiger partial charge is 0.393 e.